The molecule has 2 N–H and O–H groups in total. The molecule has 1 amide bonds. The Bertz CT molecular complexity index is 855. The molecule has 1 aromatic heterocycles. The zero-order chi connectivity index (χ0) is 19.3. The standard InChI is InChI=1S/C19H23NO6/c1-4-5-12-8-17(22)26-15-9-13(6-7-14(12)15)25-10-16(21)20-18(11(2)3)19(23)24/h6-9,11,18H,4-5,10H2,1-3H3,(H,20,21)(H,23,24)/t18-/m0/s1. The van der Waals surface area contributed by atoms with Crippen molar-refractivity contribution in [2.24, 2.45) is 5.92 Å². The van der Waals surface area contributed by atoms with Crippen molar-refractivity contribution in [3.05, 3.63) is 40.2 Å². The Morgan fingerprint density at radius 3 is 2.62 bits per heavy atom. The molecule has 0 bridgehead atoms. The molecule has 0 spiro atoms. The number of benzene rings is 1. The predicted molar refractivity (Wildman–Crippen MR) is 96.4 cm³/mol. The van der Waals surface area contributed by atoms with E-state index in [-0.39, 0.29) is 12.5 Å². The first-order valence-electron chi connectivity index (χ1n) is 8.53. The van der Waals surface area contributed by atoms with Gasteiger partial charge in [-0.05, 0) is 30.0 Å². The Morgan fingerprint density at radius 1 is 1.27 bits per heavy atom. The molecule has 140 valence electrons. The number of ether oxygens (including phenoxy) is 1. The van der Waals surface area contributed by atoms with Gasteiger partial charge >= 0.3 is 11.6 Å². The Hall–Kier alpha value is -2.83. The number of rotatable bonds is 8. The number of carboxylic acids is 1. The van der Waals surface area contributed by atoms with Crippen LogP contribution in [0.1, 0.15) is 32.8 Å². The van der Waals surface area contributed by atoms with Gasteiger partial charge in [-0.3, -0.25) is 4.79 Å². The summed E-state index contributed by atoms with van der Waals surface area (Å²) in [6.07, 6.45) is 1.66. The SMILES string of the molecule is CCCc1cc(=O)oc2cc(OCC(=O)N[C@H](C(=O)O)C(C)C)ccc12. The quantitative estimate of drug-likeness (QED) is 0.699. The van der Waals surface area contributed by atoms with Crippen LogP contribution in [-0.2, 0) is 16.0 Å². The third-order valence-electron chi connectivity index (χ3n) is 3.94. The van der Waals surface area contributed by atoms with E-state index >= 15 is 0 Å². The molecule has 1 aromatic carbocycles. The summed E-state index contributed by atoms with van der Waals surface area (Å²) >= 11 is 0. The summed E-state index contributed by atoms with van der Waals surface area (Å²) < 4.78 is 10.6. The number of aliphatic carboxylic acids is 1. The van der Waals surface area contributed by atoms with Crippen molar-refractivity contribution in [1.29, 1.82) is 0 Å². The molecule has 26 heavy (non-hydrogen) atoms. The lowest BCUT2D eigenvalue weighted by molar-refractivity contribution is -0.143. The number of fused-ring (bicyclic) bond motifs is 1. The summed E-state index contributed by atoms with van der Waals surface area (Å²) in [7, 11) is 0. The van der Waals surface area contributed by atoms with Crippen LogP contribution in [0.25, 0.3) is 11.0 Å². The fourth-order valence-electron chi connectivity index (χ4n) is 2.65. The Kier molecular flexibility index (Phi) is 6.38. The first-order valence-corrected chi connectivity index (χ1v) is 8.53. The molecule has 0 aliphatic heterocycles. The fraction of sp³-hybridized carbons (Fsp3) is 0.421. The summed E-state index contributed by atoms with van der Waals surface area (Å²) in [5, 5.41) is 12.3. The second-order valence-corrected chi connectivity index (χ2v) is 6.41. The molecule has 2 rings (SSSR count). The molecule has 1 atom stereocenters. The number of hydrogen-bond donors (Lipinski definition) is 2. The van der Waals surface area contributed by atoms with Crippen molar-refractivity contribution in [3.8, 4) is 5.75 Å². The smallest absolute Gasteiger partial charge is 0.336 e. The van der Waals surface area contributed by atoms with E-state index in [1.165, 1.54) is 6.07 Å². The average Bonchev–Trinajstić information content (AvgIpc) is 2.57. The number of carbonyl (C=O) groups excluding carboxylic acids is 1. The topological polar surface area (TPSA) is 106 Å². The number of aryl methyl sites for hydroxylation is 1. The molecular weight excluding hydrogens is 338 g/mol. The third-order valence-corrected chi connectivity index (χ3v) is 3.94. The van der Waals surface area contributed by atoms with Gasteiger partial charge in [-0.2, -0.15) is 0 Å². The van der Waals surface area contributed by atoms with E-state index in [2.05, 4.69) is 5.32 Å². The maximum Gasteiger partial charge on any atom is 0.336 e. The summed E-state index contributed by atoms with van der Waals surface area (Å²) in [6.45, 7) is 5.11. The highest BCUT2D eigenvalue weighted by atomic mass is 16.5. The third kappa shape index (κ3) is 4.84. The first kappa shape index (κ1) is 19.5. The second kappa shape index (κ2) is 8.51. The summed E-state index contributed by atoms with van der Waals surface area (Å²) in [5.41, 5.74) is 0.866. The summed E-state index contributed by atoms with van der Waals surface area (Å²) in [5.74, 6) is -1.51. The van der Waals surface area contributed by atoms with E-state index in [1.54, 1.807) is 32.0 Å². The van der Waals surface area contributed by atoms with Gasteiger partial charge in [0.15, 0.2) is 6.61 Å². The summed E-state index contributed by atoms with van der Waals surface area (Å²) in [6, 6.07) is 5.53. The predicted octanol–water partition coefficient (Wildman–Crippen LogP) is 2.35. The maximum atomic E-state index is 11.9. The first-order chi connectivity index (χ1) is 12.3. The number of amides is 1. The van der Waals surface area contributed by atoms with Gasteiger partial charge in [0, 0.05) is 17.5 Å². The molecule has 0 aliphatic rings. The molecule has 0 fully saturated rings. The zero-order valence-corrected chi connectivity index (χ0v) is 15.1. The van der Waals surface area contributed by atoms with Gasteiger partial charge in [-0.1, -0.05) is 27.2 Å². The molecular formula is C19H23NO6. The van der Waals surface area contributed by atoms with Crippen molar-refractivity contribution in [2.75, 3.05) is 6.61 Å². The maximum absolute atomic E-state index is 11.9. The van der Waals surface area contributed by atoms with Crippen LogP contribution in [0.2, 0.25) is 0 Å². The highest BCUT2D eigenvalue weighted by Crippen LogP contribution is 2.23. The molecule has 0 saturated heterocycles. The van der Waals surface area contributed by atoms with E-state index < -0.39 is 23.5 Å². The molecule has 7 heteroatoms. The van der Waals surface area contributed by atoms with E-state index in [4.69, 9.17) is 14.3 Å². The Balaban J connectivity index is 2.10. The highest BCUT2D eigenvalue weighted by molar-refractivity contribution is 5.85. The lowest BCUT2D eigenvalue weighted by atomic mass is 10.1. The normalized spacial score (nSPS) is 12.2. The van der Waals surface area contributed by atoms with Crippen LogP contribution in [0, 0.1) is 5.92 Å². The van der Waals surface area contributed by atoms with Gasteiger partial charge in [0.2, 0.25) is 0 Å². The van der Waals surface area contributed by atoms with E-state index in [9.17, 15) is 14.4 Å². The molecule has 7 nitrogen and oxygen atoms in total. The zero-order valence-electron chi connectivity index (χ0n) is 15.1. The largest absolute Gasteiger partial charge is 0.484 e. The minimum absolute atomic E-state index is 0.247. The van der Waals surface area contributed by atoms with Crippen molar-refractivity contribution < 1.29 is 23.8 Å². The molecule has 0 radical (unpaired) electrons. The number of nitrogens with one attached hydrogen (secondary N) is 1. The van der Waals surface area contributed by atoms with Gasteiger partial charge in [0.1, 0.15) is 17.4 Å². The van der Waals surface area contributed by atoms with Crippen LogP contribution < -0.4 is 15.7 Å². The van der Waals surface area contributed by atoms with Crippen LogP contribution in [0.3, 0.4) is 0 Å². The average molecular weight is 361 g/mol. The molecule has 0 saturated carbocycles. The van der Waals surface area contributed by atoms with E-state index in [0.29, 0.717) is 11.3 Å². The van der Waals surface area contributed by atoms with Crippen molar-refractivity contribution in [3.63, 3.8) is 0 Å². The van der Waals surface area contributed by atoms with Crippen molar-refractivity contribution in [2.45, 2.75) is 39.7 Å². The Morgan fingerprint density at radius 2 is 2.00 bits per heavy atom. The lowest BCUT2D eigenvalue weighted by Crippen LogP contribution is -2.46. The molecule has 0 aliphatic carbocycles. The number of carboxylic acid groups (broad SMARTS) is 1. The monoisotopic (exact) mass is 361 g/mol. The van der Waals surface area contributed by atoms with Gasteiger partial charge in [-0.25, -0.2) is 9.59 Å². The van der Waals surface area contributed by atoms with Gasteiger partial charge in [0.05, 0.1) is 0 Å². The van der Waals surface area contributed by atoms with Crippen LogP contribution in [0.15, 0.2) is 33.5 Å². The number of hydrogen-bond acceptors (Lipinski definition) is 5. The van der Waals surface area contributed by atoms with Crippen LogP contribution in [0.4, 0.5) is 0 Å². The molecule has 2 aromatic rings. The minimum Gasteiger partial charge on any atom is -0.484 e. The van der Waals surface area contributed by atoms with Crippen LogP contribution >= 0.6 is 0 Å². The van der Waals surface area contributed by atoms with Crippen LogP contribution in [0.5, 0.6) is 5.75 Å². The summed E-state index contributed by atoms with van der Waals surface area (Å²) in [4.78, 5) is 34.7. The second-order valence-electron chi connectivity index (χ2n) is 6.41. The fourth-order valence-corrected chi connectivity index (χ4v) is 2.65. The van der Waals surface area contributed by atoms with E-state index in [0.717, 1.165) is 23.8 Å². The van der Waals surface area contributed by atoms with Crippen LogP contribution in [-0.4, -0.2) is 29.6 Å². The molecule has 0 unspecified atom stereocenters. The number of carbonyl (C=O) groups is 2. The minimum atomic E-state index is -1.09. The molecule has 1 heterocycles. The van der Waals surface area contributed by atoms with Gasteiger partial charge in [-0.15, -0.1) is 0 Å². The van der Waals surface area contributed by atoms with Gasteiger partial charge in [0.25, 0.3) is 5.91 Å². The Labute approximate surface area is 151 Å². The highest BCUT2D eigenvalue weighted by Gasteiger charge is 2.23. The van der Waals surface area contributed by atoms with Gasteiger partial charge < -0.3 is 19.6 Å². The van der Waals surface area contributed by atoms with Crippen molar-refractivity contribution in [1.82, 2.24) is 5.32 Å². The lowest BCUT2D eigenvalue weighted by Gasteiger charge is -2.18. The van der Waals surface area contributed by atoms with E-state index in [1.807, 2.05) is 6.92 Å². The van der Waals surface area contributed by atoms with Crippen molar-refractivity contribution >= 4 is 22.8 Å².